The first-order valence-electron chi connectivity index (χ1n) is 6.83. The molecule has 2 N–H and O–H groups in total. The molecule has 1 aromatic heterocycles. The predicted molar refractivity (Wildman–Crippen MR) is 84.9 cm³/mol. The Morgan fingerprint density at radius 2 is 2.09 bits per heavy atom. The number of aryl methyl sites for hydroxylation is 1. The Balaban J connectivity index is 2.03. The second kappa shape index (κ2) is 4.42. The molecule has 0 unspecified atom stereocenters. The van der Waals surface area contributed by atoms with Crippen LogP contribution in [-0.4, -0.2) is 24.5 Å². The maximum Gasteiger partial charge on any atom is 0.257 e. The molecule has 0 aliphatic carbocycles. The highest BCUT2D eigenvalue weighted by atomic mass is 16.1. The molecular weight excluding hydrogens is 278 g/mol. The van der Waals surface area contributed by atoms with Gasteiger partial charge in [0.1, 0.15) is 17.1 Å². The van der Waals surface area contributed by atoms with Gasteiger partial charge >= 0.3 is 0 Å². The predicted octanol–water partition coefficient (Wildman–Crippen LogP) is 0.329. The normalized spacial score (nSPS) is 12.5. The third-order valence-electron chi connectivity index (χ3n) is 3.75. The number of nitrogens with one attached hydrogen (secondary N) is 2. The number of para-hydroxylation sites is 2. The van der Waals surface area contributed by atoms with E-state index in [1.54, 1.807) is 12.3 Å². The van der Waals surface area contributed by atoms with Crippen molar-refractivity contribution in [3.8, 4) is 11.4 Å². The quantitative estimate of drug-likeness (QED) is 0.530. The molecule has 0 radical (unpaired) electrons. The van der Waals surface area contributed by atoms with E-state index >= 15 is 0 Å². The first kappa shape index (κ1) is 12.6. The maximum absolute atomic E-state index is 12.2. The number of rotatable bonds is 1. The molecule has 1 aromatic carbocycles. The van der Waals surface area contributed by atoms with Crippen molar-refractivity contribution in [1.82, 2.24) is 24.5 Å². The number of hydrogen-bond donors (Lipinski definition) is 2. The minimum atomic E-state index is -0.187. The van der Waals surface area contributed by atoms with Crippen molar-refractivity contribution in [2.24, 2.45) is 7.05 Å². The lowest BCUT2D eigenvalue weighted by atomic mass is 10.2. The number of aromatic nitrogens is 5. The Morgan fingerprint density at radius 1 is 1.27 bits per heavy atom. The molecule has 0 saturated carbocycles. The molecule has 0 atom stereocenters. The summed E-state index contributed by atoms with van der Waals surface area (Å²) >= 11 is 0. The van der Waals surface area contributed by atoms with E-state index in [1.807, 2.05) is 35.9 Å². The molecule has 4 rings (SSSR count). The summed E-state index contributed by atoms with van der Waals surface area (Å²) in [5, 5.41) is 0.539. The summed E-state index contributed by atoms with van der Waals surface area (Å²) in [4.78, 5) is 26.6. The molecule has 2 aliphatic rings. The third-order valence-corrected chi connectivity index (χ3v) is 3.75. The highest BCUT2D eigenvalue weighted by molar-refractivity contribution is 5.78. The number of imidazole rings is 1. The number of fused-ring (bicyclic) bond motifs is 2. The molecule has 3 heterocycles. The summed E-state index contributed by atoms with van der Waals surface area (Å²) < 4.78 is 1.96. The van der Waals surface area contributed by atoms with Gasteiger partial charge in [0, 0.05) is 18.8 Å². The van der Waals surface area contributed by atoms with Crippen LogP contribution in [0, 0.1) is 0 Å². The van der Waals surface area contributed by atoms with Gasteiger partial charge in [-0.15, -0.1) is 0 Å². The molecule has 2 aromatic rings. The monoisotopic (exact) mass is 291 g/mol. The zero-order valence-corrected chi connectivity index (χ0v) is 11.9. The lowest BCUT2D eigenvalue weighted by Gasteiger charge is -1.97. The number of aromatic amines is 2. The van der Waals surface area contributed by atoms with Gasteiger partial charge < -0.3 is 14.5 Å². The molecule has 0 saturated heterocycles. The summed E-state index contributed by atoms with van der Waals surface area (Å²) in [6, 6.07) is 7.85. The molecular formula is C16H13N5O. The zero-order chi connectivity index (χ0) is 15.3. The summed E-state index contributed by atoms with van der Waals surface area (Å²) in [5.74, 6) is 1.25. The average Bonchev–Trinajstić information content (AvgIpc) is 2.98. The van der Waals surface area contributed by atoms with Gasteiger partial charge in [0.2, 0.25) is 0 Å². The molecule has 6 nitrogen and oxygen atoms in total. The summed E-state index contributed by atoms with van der Waals surface area (Å²) in [5.41, 5.74) is 2.96. The van der Waals surface area contributed by atoms with Gasteiger partial charge in [-0.05, 0) is 18.2 Å². The maximum atomic E-state index is 12.2. The highest BCUT2D eigenvalue weighted by Crippen LogP contribution is 2.15. The Labute approximate surface area is 124 Å². The van der Waals surface area contributed by atoms with Crippen LogP contribution in [0.25, 0.3) is 35.1 Å². The second-order valence-corrected chi connectivity index (χ2v) is 5.14. The standard InChI is InChI=1S/C16H13N5O/c1-9-17-8-11-10(16(22)20-15(11)18-9)7-14-19-12-5-3-4-6-13(12)21(14)2/h3-8,17H,1H2,2H3,(H,18,20,22). The Bertz CT molecular complexity index is 1130. The van der Waals surface area contributed by atoms with Crippen molar-refractivity contribution in [1.29, 1.82) is 0 Å². The lowest BCUT2D eigenvalue weighted by molar-refractivity contribution is 0.928. The summed E-state index contributed by atoms with van der Waals surface area (Å²) in [7, 11) is 1.93. The zero-order valence-electron chi connectivity index (χ0n) is 11.9. The van der Waals surface area contributed by atoms with Gasteiger partial charge in [0.25, 0.3) is 5.56 Å². The van der Waals surface area contributed by atoms with Crippen LogP contribution >= 0.6 is 0 Å². The fourth-order valence-electron chi connectivity index (χ4n) is 2.61. The van der Waals surface area contributed by atoms with E-state index in [2.05, 4.69) is 26.5 Å². The van der Waals surface area contributed by atoms with Crippen LogP contribution in [0.3, 0.4) is 0 Å². The van der Waals surface area contributed by atoms with Crippen molar-refractivity contribution in [2.75, 3.05) is 0 Å². The van der Waals surface area contributed by atoms with Crippen LogP contribution in [0.5, 0.6) is 0 Å². The second-order valence-electron chi connectivity index (χ2n) is 5.14. The minimum absolute atomic E-state index is 0.187. The molecule has 0 spiro atoms. The van der Waals surface area contributed by atoms with E-state index in [9.17, 15) is 4.79 Å². The van der Waals surface area contributed by atoms with Crippen LogP contribution < -0.4 is 16.3 Å². The fourth-order valence-corrected chi connectivity index (χ4v) is 2.61. The topological polar surface area (TPSA) is 79.4 Å². The summed E-state index contributed by atoms with van der Waals surface area (Å²) in [6.45, 7) is 3.72. The highest BCUT2D eigenvalue weighted by Gasteiger charge is 2.12. The van der Waals surface area contributed by atoms with Crippen molar-refractivity contribution in [2.45, 2.75) is 0 Å². The minimum Gasteiger partial charge on any atom is -0.346 e. The molecule has 22 heavy (non-hydrogen) atoms. The van der Waals surface area contributed by atoms with Gasteiger partial charge in [-0.2, -0.15) is 0 Å². The first-order valence-corrected chi connectivity index (χ1v) is 6.83. The smallest absolute Gasteiger partial charge is 0.257 e. The Morgan fingerprint density at radius 3 is 2.91 bits per heavy atom. The van der Waals surface area contributed by atoms with Crippen molar-refractivity contribution < 1.29 is 0 Å². The molecule has 0 fully saturated rings. The molecule has 0 bridgehead atoms. The SMILES string of the molecule is C=c1nc2[nH]c(=O)c(=Cc3nc4ccccc4n3C)c-2c[nH]1. The average molecular weight is 291 g/mol. The van der Waals surface area contributed by atoms with Gasteiger partial charge in [0.15, 0.2) is 0 Å². The van der Waals surface area contributed by atoms with Crippen molar-refractivity contribution in [3.63, 3.8) is 0 Å². The molecule has 6 heteroatoms. The van der Waals surface area contributed by atoms with E-state index < -0.39 is 0 Å². The Kier molecular flexibility index (Phi) is 2.53. The van der Waals surface area contributed by atoms with E-state index in [0.717, 1.165) is 22.4 Å². The molecule has 108 valence electrons. The third kappa shape index (κ3) is 1.77. The van der Waals surface area contributed by atoms with Crippen molar-refractivity contribution >= 4 is 23.7 Å². The van der Waals surface area contributed by atoms with Gasteiger partial charge in [-0.1, -0.05) is 18.7 Å². The van der Waals surface area contributed by atoms with E-state index in [1.165, 1.54) is 0 Å². The van der Waals surface area contributed by atoms with Gasteiger partial charge in [-0.3, -0.25) is 4.79 Å². The number of hydrogen-bond acceptors (Lipinski definition) is 3. The Hall–Kier alpha value is -3.15. The number of nitrogens with zero attached hydrogens (tertiary/aromatic N) is 3. The van der Waals surface area contributed by atoms with Gasteiger partial charge in [0.05, 0.1) is 16.3 Å². The molecule has 0 amide bonds. The first-order chi connectivity index (χ1) is 10.6. The largest absolute Gasteiger partial charge is 0.346 e. The van der Waals surface area contributed by atoms with Crippen molar-refractivity contribution in [3.05, 3.63) is 57.3 Å². The number of H-pyrrole nitrogens is 2. The van der Waals surface area contributed by atoms with E-state index in [0.29, 0.717) is 16.5 Å². The van der Waals surface area contributed by atoms with Crippen LogP contribution in [-0.2, 0) is 7.05 Å². The fraction of sp³-hybridized carbons (Fsp3) is 0.0625. The summed E-state index contributed by atoms with van der Waals surface area (Å²) in [6.07, 6.45) is 3.51. The van der Waals surface area contributed by atoms with E-state index in [4.69, 9.17) is 0 Å². The van der Waals surface area contributed by atoms with Gasteiger partial charge in [-0.25, -0.2) is 9.97 Å². The van der Waals surface area contributed by atoms with E-state index in [-0.39, 0.29) is 5.56 Å². The van der Waals surface area contributed by atoms with Crippen LogP contribution in [0.15, 0.2) is 35.3 Å². The lowest BCUT2D eigenvalue weighted by Crippen LogP contribution is -2.22. The number of benzene rings is 1. The van der Waals surface area contributed by atoms with Crippen LogP contribution in [0.2, 0.25) is 0 Å². The van der Waals surface area contributed by atoms with Crippen LogP contribution in [0.1, 0.15) is 5.82 Å². The van der Waals surface area contributed by atoms with Crippen LogP contribution in [0.4, 0.5) is 0 Å². The molecule has 2 aliphatic heterocycles.